The Morgan fingerprint density at radius 2 is 1.73 bits per heavy atom. The summed E-state index contributed by atoms with van der Waals surface area (Å²) in [7, 11) is 0. The van der Waals surface area contributed by atoms with Gasteiger partial charge in [-0.05, 0) is 23.1 Å². The van der Waals surface area contributed by atoms with Crippen LogP contribution in [0.3, 0.4) is 0 Å². The summed E-state index contributed by atoms with van der Waals surface area (Å²) in [5.41, 5.74) is 6.40. The zero-order valence-electron chi connectivity index (χ0n) is 15.7. The van der Waals surface area contributed by atoms with Gasteiger partial charge >= 0.3 is 6.18 Å². The molecule has 2 atom stereocenters. The summed E-state index contributed by atoms with van der Waals surface area (Å²) in [5, 5.41) is 9.60. The number of carbonyl (C=O) groups excluding carboxylic acids is 1. The summed E-state index contributed by atoms with van der Waals surface area (Å²) in [6.07, 6.45) is -3.99. The number of nitrogens with zero attached hydrogens (tertiary/aromatic N) is 1. The second-order valence-corrected chi connectivity index (χ2v) is 7.32. The third-order valence-electron chi connectivity index (χ3n) is 5.48. The number of hydrogen-bond donors (Lipinski definition) is 1. The van der Waals surface area contributed by atoms with Crippen LogP contribution in [0.2, 0.25) is 0 Å². The Labute approximate surface area is 171 Å². The van der Waals surface area contributed by atoms with Crippen LogP contribution in [-0.4, -0.2) is 5.78 Å². The summed E-state index contributed by atoms with van der Waals surface area (Å²) < 4.78 is 45.3. The molecule has 2 aromatic carbocycles. The molecule has 2 N–H and O–H groups in total. The van der Waals surface area contributed by atoms with E-state index < -0.39 is 17.7 Å². The molecule has 2 aliphatic rings. The minimum atomic E-state index is -4.55. The van der Waals surface area contributed by atoms with Crippen molar-refractivity contribution in [1.29, 1.82) is 5.26 Å². The highest BCUT2D eigenvalue weighted by Crippen LogP contribution is 2.47. The molecule has 2 aromatic rings. The van der Waals surface area contributed by atoms with E-state index in [4.69, 9.17) is 10.5 Å². The molecule has 0 aromatic heterocycles. The number of nitrogens with two attached hydrogens (primary N) is 1. The number of alkyl halides is 3. The molecule has 152 valence electrons. The third-order valence-corrected chi connectivity index (χ3v) is 5.48. The standard InChI is InChI=1S/C23H17F3N2O2/c24-23(25,26)16-8-4-7-14(9-16)20-17(12-27)22(28)30-19-11-15(10-18(29)21(19)20)13-5-2-1-3-6-13/h1-9,15,20H,10-11,28H2. The first-order chi connectivity index (χ1) is 14.3. The molecule has 0 bridgehead atoms. The Balaban J connectivity index is 1.81. The van der Waals surface area contributed by atoms with Gasteiger partial charge < -0.3 is 10.5 Å². The highest BCUT2D eigenvalue weighted by atomic mass is 19.4. The second-order valence-electron chi connectivity index (χ2n) is 7.32. The molecule has 4 rings (SSSR count). The topological polar surface area (TPSA) is 76.1 Å². The molecule has 0 fully saturated rings. The van der Waals surface area contributed by atoms with Crippen LogP contribution in [-0.2, 0) is 15.7 Å². The zero-order chi connectivity index (χ0) is 21.5. The molecule has 0 saturated heterocycles. The lowest BCUT2D eigenvalue weighted by atomic mass is 9.73. The van der Waals surface area contributed by atoms with Crippen molar-refractivity contribution in [3.05, 3.63) is 94.1 Å². The molecule has 0 spiro atoms. The normalized spacial score (nSPS) is 21.7. The van der Waals surface area contributed by atoms with Crippen molar-refractivity contribution < 1.29 is 22.7 Å². The lowest BCUT2D eigenvalue weighted by Crippen LogP contribution is -2.30. The average Bonchev–Trinajstić information content (AvgIpc) is 2.72. The highest BCUT2D eigenvalue weighted by Gasteiger charge is 2.41. The fourth-order valence-corrected chi connectivity index (χ4v) is 4.10. The molecule has 30 heavy (non-hydrogen) atoms. The quantitative estimate of drug-likeness (QED) is 0.763. The largest absolute Gasteiger partial charge is 0.444 e. The lowest BCUT2D eigenvalue weighted by molar-refractivity contribution is -0.137. The van der Waals surface area contributed by atoms with Crippen LogP contribution >= 0.6 is 0 Å². The van der Waals surface area contributed by atoms with Crippen LogP contribution < -0.4 is 5.73 Å². The molecular formula is C23H17F3N2O2. The molecule has 0 radical (unpaired) electrons. The molecule has 0 saturated carbocycles. The number of carbonyl (C=O) groups is 1. The van der Waals surface area contributed by atoms with Crippen molar-refractivity contribution in [1.82, 2.24) is 0 Å². The summed E-state index contributed by atoms with van der Waals surface area (Å²) in [6.45, 7) is 0. The van der Waals surface area contributed by atoms with E-state index in [-0.39, 0.29) is 40.7 Å². The number of halogens is 3. The predicted octanol–water partition coefficient (Wildman–Crippen LogP) is 4.91. The van der Waals surface area contributed by atoms with Crippen LogP contribution in [0.1, 0.15) is 41.4 Å². The number of rotatable bonds is 2. The minimum Gasteiger partial charge on any atom is -0.444 e. The molecule has 7 heteroatoms. The molecule has 1 aliphatic carbocycles. The van der Waals surface area contributed by atoms with Crippen molar-refractivity contribution >= 4 is 5.78 Å². The monoisotopic (exact) mass is 410 g/mol. The maximum Gasteiger partial charge on any atom is 0.416 e. The highest BCUT2D eigenvalue weighted by molar-refractivity contribution is 6.00. The number of allylic oxidation sites excluding steroid dienone is 3. The minimum absolute atomic E-state index is 0.0559. The van der Waals surface area contributed by atoms with Crippen molar-refractivity contribution in [3.8, 4) is 6.07 Å². The van der Waals surface area contributed by atoms with Crippen LogP contribution in [0.15, 0.2) is 77.4 Å². The first-order valence-corrected chi connectivity index (χ1v) is 9.35. The Bertz CT molecular complexity index is 1110. The van der Waals surface area contributed by atoms with Crippen molar-refractivity contribution in [3.63, 3.8) is 0 Å². The van der Waals surface area contributed by atoms with Crippen molar-refractivity contribution in [2.75, 3.05) is 0 Å². The molecule has 0 amide bonds. The van der Waals surface area contributed by atoms with Gasteiger partial charge in [0.2, 0.25) is 5.88 Å². The Kier molecular flexibility index (Phi) is 4.86. The van der Waals surface area contributed by atoms with Crippen LogP contribution in [0, 0.1) is 11.3 Å². The summed E-state index contributed by atoms with van der Waals surface area (Å²) in [5.74, 6) is -1.23. The molecule has 1 heterocycles. The van der Waals surface area contributed by atoms with Crippen LogP contribution in [0.5, 0.6) is 0 Å². The van der Waals surface area contributed by atoms with E-state index in [0.717, 1.165) is 17.7 Å². The van der Waals surface area contributed by atoms with Gasteiger partial charge in [0.15, 0.2) is 5.78 Å². The summed E-state index contributed by atoms with van der Waals surface area (Å²) >= 11 is 0. The van der Waals surface area contributed by atoms with E-state index in [0.29, 0.717) is 12.2 Å². The maximum atomic E-state index is 13.2. The summed E-state index contributed by atoms with van der Waals surface area (Å²) in [4.78, 5) is 13.1. The van der Waals surface area contributed by atoms with Crippen molar-refractivity contribution in [2.24, 2.45) is 5.73 Å². The van der Waals surface area contributed by atoms with Gasteiger partial charge in [-0.25, -0.2) is 0 Å². The van der Waals surface area contributed by atoms with E-state index in [1.807, 2.05) is 36.4 Å². The fourth-order valence-electron chi connectivity index (χ4n) is 4.10. The number of benzene rings is 2. The van der Waals surface area contributed by atoms with Gasteiger partial charge in [-0.1, -0.05) is 48.5 Å². The maximum absolute atomic E-state index is 13.2. The predicted molar refractivity (Wildman–Crippen MR) is 103 cm³/mol. The van der Waals surface area contributed by atoms with E-state index in [1.165, 1.54) is 12.1 Å². The Morgan fingerprint density at radius 1 is 1.03 bits per heavy atom. The van der Waals surface area contributed by atoms with Gasteiger partial charge in [0.05, 0.1) is 11.5 Å². The first kappa shape index (κ1) is 19.8. The Hall–Kier alpha value is -3.53. The number of ether oxygens (including phenoxy) is 1. The first-order valence-electron chi connectivity index (χ1n) is 9.35. The number of nitriles is 1. The van der Waals surface area contributed by atoms with Gasteiger partial charge in [0.1, 0.15) is 17.4 Å². The van der Waals surface area contributed by atoms with Gasteiger partial charge in [0.25, 0.3) is 0 Å². The number of hydrogen-bond acceptors (Lipinski definition) is 4. The van der Waals surface area contributed by atoms with Gasteiger partial charge in [-0.15, -0.1) is 0 Å². The van der Waals surface area contributed by atoms with E-state index in [9.17, 15) is 23.2 Å². The second kappa shape index (κ2) is 7.38. The van der Waals surface area contributed by atoms with E-state index in [2.05, 4.69) is 0 Å². The third kappa shape index (κ3) is 3.45. The van der Waals surface area contributed by atoms with E-state index >= 15 is 0 Å². The zero-order valence-corrected chi connectivity index (χ0v) is 15.7. The number of Topliss-reactive ketones (excluding diaryl/α,β-unsaturated/α-hetero) is 1. The molecule has 1 aliphatic heterocycles. The van der Waals surface area contributed by atoms with Crippen LogP contribution in [0.25, 0.3) is 0 Å². The van der Waals surface area contributed by atoms with E-state index in [1.54, 1.807) is 0 Å². The lowest BCUT2D eigenvalue weighted by Gasteiger charge is -2.34. The van der Waals surface area contributed by atoms with Gasteiger partial charge in [0, 0.05) is 18.4 Å². The fraction of sp³-hybridized carbons (Fsp3) is 0.217. The van der Waals surface area contributed by atoms with Gasteiger partial charge in [-0.2, -0.15) is 18.4 Å². The molecule has 4 nitrogen and oxygen atoms in total. The smallest absolute Gasteiger partial charge is 0.416 e. The SMILES string of the molecule is N#CC1=C(N)OC2=C(C(=O)CC(c3ccccc3)C2)C1c1cccc(C(F)(F)F)c1. The average molecular weight is 410 g/mol. The Morgan fingerprint density at radius 3 is 2.40 bits per heavy atom. The number of ketones is 1. The van der Waals surface area contributed by atoms with Gasteiger partial charge in [-0.3, -0.25) is 4.79 Å². The van der Waals surface area contributed by atoms with Crippen molar-refractivity contribution in [2.45, 2.75) is 30.9 Å². The molecular weight excluding hydrogens is 393 g/mol. The molecule has 2 unspecified atom stereocenters. The summed E-state index contributed by atoms with van der Waals surface area (Å²) in [6, 6.07) is 16.0. The van der Waals surface area contributed by atoms with Crippen LogP contribution in [0.4, 0.5) is 13.2 Å².